The van der Waals surface area contributed by atoms with E-state index in [9.17, 15) is 9.90 Å². The molecule has 1 aromatic heterocycles. The smallest absolute Gasteiger partial charge is 0.325 e. The zero-order valence-electron chi connectivity index (χ0n) is 15.9. The molecular weight excluding hydrogens is 346 g/mol. The van der Waals surface area contributed by atoms with Gasteiger partial charge in [0, 0.05) is 25.5 Å². The number of aromatic nitrogens is 2. The molecule has 7 heteroatoms. The number of aryl methyl sites for hydroxylation is 2. The molecule has 3 rings (SSSR count). The highest BCUT2D eigenvalue weighted by Crippen LogP contribution is 2.31. The largest absolute Gasteiger partial charge is 0.496 e. The summed E-state index contributed by atoms with van der Waals surface area (Å²) in [5.74, 6) is -0.0393. The van der Waals surface area contributed by atoms with Crippen molar-refractivity contribution in [2.45, 2.75) is 38.8 Å². The van der Waals surface area contributed by atoms with Crippen LogP contribution in [-0.4, -0.2) is 52.2 Å². The summed E-state index contributed by atoms with van der Waals surface area (Å²) in [6.07, 6.45) is 4.75. The first kappa shape index (κ1) is 19.1. The van der Waals surface area contributed by atoms with Gasteiger partial charge in [0.1, 0.15) is 17.9 Å². The molecule has 1 atom stereocenters. The predicted molar refractivity (Wildman–Crippen MR) is 100 cm³/mol. The molecule has 2 aromatic rings. The minimum atomic E-state index is -0.843. The number of aliphatic carboxylic acids is 1. The third-order valence-corrected chi connectivity index (χ3v) is 4.89. The summed E-state index contributed by atoms with van der Waals surface area (Å²) >= 11 is 0. The van der Waals surface area contributed by atoms with Crippen LogP contribution in [0.3, 0.4) is 0 Å². The van der Waals surface area contributed by atoms with E-state index in [1.807, 2.05) is 30.9 Å². The molecule has 7 nitrogen and oxygen atoms in total. The van der Waals surface area contributed by atoms with E-state index in [1.165, 1.54) is 0 Å². The summed E-state index contributed by atoms with van der Waals surface area (Å²) in [5.41, 5.74) is 2.67. The summed E-state index contributed by atoms with van der Waals surface area (Å²) < 4.78 is 11.2. The van der Waals surface area contributed by atoms with E-state index >= 15 is 0 Å². The molecule has 1 aliphatic rings. The number of nitrogens with zero attached hydrogens (tertiary/aromatic N) is 3. The van der Waals surface area contributed by atoms with Crippen LogP contribution >= 0.6 is 0 Å². The van der Waals surface area contributed by atoms with Crippen LogP contribution in [-0.2, 0) is 4.79 Å². The number of carbonyl (C=O) groups is 1. The number of ether oxygens (including phenoxy) is 2. The van der Waals surface area contributed by atoms with Crippen LogP contribution in [0, 0.1) is 13.8 Å². The fourth-order valence-corrected chi connectivity index (χ4v) is 3.72. The molecule has 0 saturated carbocycles. The Bertz CT molecular complexity index is 766. The van der Waals surface area contributed by atoms with Crippen LogP contribution < -0.4 is 9.47 Å². The second kappa shape index (κ2) is 8.35. The van der Waals surface area contributed by atoms with Crippen molar-refractivity contribution in [2.75, 3.05) is 20.2 Å². The fraction of sp³-hybridized carbons (Fsp3) is 0.450. The van der Waals surface area contributed by atoms with E-state index in [4.69, 9.17) is 9.47 Å². The SMILES string of the molecule is COc1c(C)cc(C(C(=O)O)N2CCC(Oc3ncccn3)CC2)cc1C. The summed E-state index contributed by atoms with van der Waals surface area (Å²) in [6.45, 7) is 5.15. The van der Waals surface area contributed by atoms with Crippen molar-refractivity contribution in [1.29, 1.82) is 0 Å². The molecule has 0 amide bonds. The van der Waals surface area contributed by atoms with Crippen LogP contribution in [0.4, 0.5) is 0 Å². The van der Waals surface area contributed by atoms with Gasteiger partial charge < -0.3 is 14.6 Å². The highest BCUT2D eigenvalue weighted by atomic mass is 16.5. The minimum absolute atomic E-state index is 0.00238. The van der Waals surface area contributed by atoms with E-state index in [2.05, 4.69) is 9.97 Å². The van der Waals surface area contributed by atoms with Gasteiger partial charge in [-0.1, -0.05) is 12.1 Å². The molecule has 1 aromatic carbocycles. The van der Waals surface area contributed by atoms with Crippen molar-refractivity contribution in [3.8, 4) is 11.8 Å². The lowest BCUT2D eigenvalue weighted by Gasteiger charge is -2.35. The normalized spacial score (nSPS) is 16.7. The average molecular weight is 371 g/mol. The summed E-state index contributed by atoms with van der Waals surface area (Å²) in [4.78, 5) is 22.2. The first-order valence-electron chi connectivity index (χ1n) is 9.05. The maximum Gasteiger partial charge on any atom is 0.325 e. The van der Waals surface area contributed by atoms with Crippen molar-refractivity contribution >= 4 is 5.97 Å². The van der Waals surface area contributed by atoms with Gasteiger partial charge in [-0.2, -0.15) is 0 Å². The molecule has 0 radical (unpaired) electrons. The Morgan fingerprint density at radius 1 is 1.19 bits per heavy atom. The predicted octanol–water partition coefficient (Wildman–Crippen LogP) is 2.77. The van der Waals surface area contributed by atoms with Gasteiger partial charge in [-0.05, 0) is 49.4 Å². The molecule has 1 N–H and O–H groups in total. The molecule has 1 unspecified atom stereocenters. The number of piperidine rings is 1. The molecule has 1 fully saturated rings. The van der Waals surface area contributed by atoms with Crippen LogP contribution in [0.15, 0.2) is 30.6 Å². The van der Waals surface area contributed by atoms with Gasteiger partial charge in [0.05, 0.1) is 7.11 Å². The second-order valence-electron chi connectivity index (χ2n) is 6.81. The monoisotopic (exact) mass is 371 g/mol. The van der Waals surface area contributed by atoms with Gasteiger partial charge in [-0.3, -0.25) is 9.69 Å². The van der Waals surface area contributed by atoms with E-state index in [-0.39, 0.29) is 6.10 Å². The van der Waals surface area contributed by atoms with Gasteiger partial charge in [0.15, 0.2) is 0 Å². The van der Waals surface area contributed by atoms with Crippen LogP contribution in [0.5, 0.6) is 11.8 Å². The lowest BCUT2D eigenvalue weighted by atomic mass is 9.96. The molecule has 0 spiro atoms. The quantitative estimate of drug-likeness (QED) is 0.836. The zero-order chi connectivity index (χ0) is 19.4. The number of carboxylic acid groups (broad SMARTS) is 1. The van der Waals surface area contributed by atoms with Gasteiger partial charge >= 0.3 is 12.0 Å². The maximum absolute atomic E-state index is 12.0. The maximum atomic E-state index is 12.0. The summed E-state index contributed by atoms with van der Waals surface area (Å²) in [7, 11) is 1.63. The van der Waals surface area contributed by atoms with E-state index in [0.29, 0.717) is 19.1 Å². The Kier molecular flexibility index (Phi) is 5.91. The summed E-state index contributed by atoms with van der Waals surface area (Å²) in [5, 5.41) is 9.86. The van der Waals surface area contributed by atoms with E-state index < -0.39 is 12.0 Å². The third-order valence-electron chi connectivity index (χ3n) is 4.89. The number of rotatable bonds is 6. The molecule has 0 bridgehead atoms. The molecule has 1 saturated heterocycles. The van der Waals surface area contributed by atoms with Crippen molar-refractivity contribution in [3.63, 3.8) is 0 Å². The molecule has 0 aliphatic carbocycles. The van der Waals surface area contributed by atoms with Gasteiger partial charge in [0.25, 0.3) is 0 Å². The topological polar surface area (TPSA) is 84.8 Å². The number of hydrogen-bond donors (Lipinski definition) is 1. The Balaban J connectivity index is 1.71. The minimum Gasteiger partial charge on any atom is -0.496 e. The molecule has 1 aliphatic heterocycles. The molecule has 2 heterocycles. The number of benzene rings is 1. The molecule has 27 heavy (non-hydrogen) atoms. The molecule has 144 valence electrons. The molecular formula is C20H25N3O4. The van der Waals surface area contributed by atoms with Crippen molar-refractivity contribution < 1.29 is 19.4 Å². The Morgan fingerprint density at radius 2 is 1.78 bits per heavy atom. The Morgan fingerprint density at radius 3 is 2.30 bits per heavy atom. The first-order valence-corrected chi connectivity index (χ1v) is 9.05. The Labute approximate surface area is 159 Å². The Hall–Kier alpha value is -2.67. The highest BCUT2D eigenvalue weighted by molar-refractivity contribution is 5.76. The van der Waals surface area contributed by atoms with Gasteiger partial charge in [-0.25, -0.2) is 9.97 Å². The zero-order valence-corrected chi connectivity index (χ0v) is 15.9. The van der Waals surface area contributed by atoms with Crippen molar-refractivity contribution in [1.82, 2.24) is 14.9 Å². The van der Waals surface area contributed by atoms with Crippen LogP contribution in [0.25, 0.3) is 0 Å². The highest BCUT2D eigenvalue weighted by Gasteiger charge is 2.32. The number of methoxy groups -OCH3 is 1. The number of hydrogen-bond acceptors (Lipinski definition) is 6. The van der Waals surface area contributed by atoms with Crippen LogP contribution in [0.2, 0.25) is 0 Å². The average Bonchev–Trinajstić information content (AvgIpc) is 2.64. The van der Waals surface area contributed by atoms with Gasteiger partial charge in [0.2, 0.25) is 0 Å². The third kappa shape index (κ3) is 4.36. The first-order chi connectivity index (χ1) is 13.0. The van der Waals surface area contributed by atoms with Crippen LogP contribution in [0.1, 0.15) is 35.6 Å². The van der Waals surface area contributed by atoms with Crippen molar-refractivity contribution in [2.24, 2.45) is 0 Å². The summed E-state index contributed by atoms with van der Waals surface area (Å²) in [6, 6.07) is 5.25. The fourth-order valence-electron chi connectivity index (χ4n) is 3.72. The van der Waals surface area contributed by atoms with Gasteiger partial charge in [-0.15, -0.1) is 0 Å². The van der Waals surface area contributed by atoms with E-state index in [1.54, 1.807) is 25.6 Å². The lowest BCUT2D eigenvalue weighted by molar-refractivity contribution is -0.144. The number of likely N-dealkylation sites (tertiary alicyclic amines) is 1. The van der Waals surface area contributed by atoms with Crippen molar-refractivity contribution in [3.05, 3.63) is 47.3 Å². The number of carboxylic acids is 1. The standard InChI is InChI=1S/C20H25N3O4/c1-13-11-15(12-14(2)18(13)26-3)17(19(24)25)23-9-5-16(6-10-23)27-20-21-7-4-8-22-20/h4,7-8,11-12,16-17H,5-6,9-10H2,1-3H3,(H,24,25). The second-order valence-corrected chi connectivity index (χ2v) is 6.81. The van der Waals surface area contributed by atoms with E-state index in [0.717, 1.165) is 35.3 Å². The lowest BCUT2D eigenvalue weighted by Crippen LogP contribution is -2.43.